The number of halogens is 1. The molecule has 1 fully saturated rings. The molecular formula is C4H8FN2. The second-order valence-corrected chi connectivity index (χ2v) is 1.48. The van der Waals surface area contributed by atoms with E-state index in [0.717, 1.165) is 13.1 Å². The van der Waals surface area contributed by atoms with Gasteiger partial charge in [0, 0.05) is 13.1 Å². The van der Waals surface area contributed by atoms with Gasteiger partial charge in [0.15, 0.2) is 6.30 Å². The molecule has 1 aliphatic rings. The van der Waals surface area contributed by atoms with E-state index in [1.165, 1.54) is 6.54 Å². The molecule has 1 radical (unpaired) electrons. The van der Waals surface area contributed by atoms with Gasteiger partial charge in [0.2, 0.25) is 0 Å². The number of hydrogen-bond acceptors (Lipinski definition) is 2. The number of rotatable bonds is 0. The number of alkyl halides is 1. The Bertz CT molecular complexity index is 51.7. The van der Waals surface area contributed by atoms with Crippen molar-refractivity contribution in [3.8, 4) is 0 Å². The van der Waals surface area contributed by atoms with Crippen molar-refractivity contribution >= 4 is 0 Å². The molecule has 1 aliphatic heterocycles. The summed E-state index contributed by atoms with van der Waals surface area (Å²) in [5.74, 6) is 0. The molecule has 1 unspecified atom stereocenters. The maximum atomic E-state index is 12.0. The van der Waals surface area contributed by atoms with Crippen molar-refractivity contribution < 1.29 is 4.39 Å². The van der Waals surface area contributed by atoms with Crippen LogP contribution in [0.5, 0.6) is 0 Å². The SMILES string of the molecule is FC1[CH]NCCN1. The van der Waals surface area contributed by atoms with Crippen molar-refractivity contribution in [1.29, 1.82) is 0 Å². The number of piperazine rings is 1. The normalized spacial score (nSPS) is 33.0. The average molecular weight is 103 g/mol. The average Bonchev–Trinajstić information content (AvgIpc) is 1.69. The van der Waals surface area contributed by atoms with E-state index in [1.807, 2.05) is 0 Å². The summed E-state index contributed by atoms with van der Waals surface area (Å²) in [5, 5.41) is 5.37. The fraction of sp³-hybridized carbons (Fsp3) is 0.750. The standard InChI is InChI=1S/C4H8FN2/c5-4-3-6-1-2-7-4/h3-4,6-7H,1-2H2. The third kappa shape index (κ3) is 1.41. The first kappa shape index (κ1) is 5.00. The molecule has 2 nitrogen and oxygen atoms in total. The maximum absolute atomic E-state index is 12.0. The molecule has 2 N–H and O–H groups in total. The zero-order valence-corrected chi connectivity index (χ0v) is 3.95. The Morgan fingerprint density at radius 1 is 1.57 bits per heavy atom. The lowest BCUT2D eigenvalue weighted by Gasteiger charge is -2.15. The van der Waals surface area contributed by atoms with Gasteiger partial charge in [0.05, 0.1) is 6.54 Å². The number of nitrogens with one attached hydrogen (secondary N) is 2. The Morgan fingerprint density at radius 2 is 2.43 bits per heavy atom. The van der Waals surface area contributed by atoms with Crippen molar-refractivity contribution in [2.45, 2.75) is 6.30 Å². The Hall–Kier alpha value is -0.150. The predicted octanol–water partition coefficient (Wildman–Crippen LogP) is -0.363. The van der Waals surface area contributed by atoms with E-state index < -0.39 is 6.30 Å². The number of hydrogen-bond donors (Lipinski definition) is 2. The third-order valence-electron chi connectivity index (χ3n) is 0.873. The van der Waals surface area contributed by atoms with E-state index in [9.17, 15) is 4.39 Å². The van der Waals surface area contributed by atoms with Crippen LogP contribution in [0.15, 0.2) is 0 Å². The molecule has 1 heterocycles. The zero-order chi connectivity index (χ0) is 5.11. The molecule has 0 saturated carbocycles. The van der Waals surface area contributed by atoms with Crippen molar-refractivity contribution in [2.24, 2.45) is 0 Å². The molecule has 0 aliphatic carbocycles. The maximum Gasteiger partial charge on any atom is 0.168 e. The smallest absolute Gasteiger partial charge is 0.168 e. The lowest BCUT2D eigenvalue weighted by atomic mass is 10.4. The minimum absolute atomic E-state index is 0.720. The van der Waals surface area contributed by atoms with Gasteiger partial charge in [-0.3, -0.25) is 5.32 Å². The molecule has 0 amide bonds. The van der Waals surface area contributed by atoms with Crippen LogP contribution >= 0.6 is 0 Å². The molecular weight excluding hydrogens is 95.1 g/mol. The zero-order valence-electron chi connectivity index (χ0n) is 3.95. The quantitative estimate of drug-likeness (QED) is 0.409. The van der Waals surface area contributed by atoms with E-state index in [2.05, 4.69) is 10.6 Å². The van der Waals surface area contributed by atoms with Crippen LogP contribution in [0.25, 0.3) is 0 Å². The lowest BCUT2D eigenvalue weighted by Crippen LogP contribution is -2.41. The first-order valence-corrected chi connectivity index (χ1v) is 2.34. The Balaban J connectivity index is 2.12. The highest BCUT2D eigenvalue weighted by Crippen LogP contribution is 1.89. The lowest BCUT2D eigenvalue weighted by molar-refractivity contribution is 0.276. The van der Waals surface area contributed by atoms with Crippen molar-refractivity contribution in [1.82, 2.24) is 10.6 Å². The topological polar surface area (TPSA) is 24.1 Å². The van der Waals surface area contributed by atoms with Crippen LogP contribution in [0.1, 0.15) is 0 Å². The second-order valence-electron chi connectivity index (χ2n) is 1.48. The molecule has 0 aromatic carbocycles. The van der Waals surface area contributed by atoms with E-state index >= 15 is 0 Å². The molecule has 41 valence electrons. The van der Waals surface area contributed by atoms with Crippen LogP contribution in [0.2, 0.25) is 0 Å². The molecule has 0 aromatic heterocycles. The Kier molecular flexibility index (Phi) is 1.59. The van der Waals surface area contributed by atoms with Gasteiger partial charge in [-0.25, -0.2) is 4.39 Å². The highest BCUT2D eigenvalue weighted by atomic mass is 19.1. The van der Waals surface area contributed by atoms with Crippen LogP contribution in [0.4, 0.5) is 4.39 Å². The van der Waals surface area contributed by atoms with Gasteiger partial charge in [-0.2, -0.15) is 0 Å². The van der Waals surface area contributed by atoms with Crippen LogP contribution in [-0.2, 0) is 0 Å². The summed E-state index contributed by atoms with van der Waals surface area (Å²) in [5.41, 5.74) is 0. The van der Waals surface area contributed by atoms with E-state index in [4.69, 9.17) is 0 Å². The minimum atomic E-state index is -0.950. The van der Waals surface area contributed by atoms with Gasteiger partial charge in [0.25, 0.3) is 0 Å². The van der Waals surface area contributed by atoms with Gasteiger partial charge in [-0.05, 0) is 0 Å². The third-order valence-corrected chi connectivity index (χ3v) is 0.873. The first-order valence-electron chi connectivity index (χ1n) is 2.34. The van der Waals surface area contributed by atoms with Gasteiger partial charge in [0.1, 0.15) is 0 Å². The molecule has 1 rings (SSSR count). The van der Waals surface area contributed by atoms with Gasteiger partial charge >= 0.3 is 0 Å². The van der Waals surface area contributed by atoms with E-state index in [-0.39, 0.29) is 0 Å². The van der Waals surface area contributed by atoms with E-state index in [1.54, 1.807) is 0 Å². The summed E-state index contributed by atoms with van der Waals surface area (Å²) in [4.78, 5) is 0. The van der Waals surface area contributed by atoms with Crippen molar-refractivity contribution in [3.63, 3.8) is 0 Å². The van der Waals surface area contributed by atoms with E-state index in [0.29, 0.717) is 0 Å². The van der Waals surface area contributed by atoms with Gasteiger partial charge < -0.3 is 5.32 Å². The Morgan fingerprint density at radius 3 is 2.71 bits per heavy atom. The molecule has 1 saturated heterocycles. The molecule has 0 aromatic rings. The van der Waals surface area contributed by atoms with Gasteiger partial charge in [-0.15, -0.1) is 0 Å². The van der Waals surface area contributed by atoms with Crippen LogP contribution in [0.3, 0.4) is 0 Å². The largest absolute Gasteiger partial charge is 0.307 e. The summed E-state index contributed by atoms with van der Waals surface area (Å²) in [6, 6.07) is 0. The summed E-state index contributed by atoms with van der Waals surface area (Å²) in [6.45, 7) is 2.96. The fourth-order valence-electron chi connectivity index (χ4n) is 0.528. The molecule has 0 bridgehead atoms. The van der Waals surface area contributed by atoms with Crippen molar-refractivity contribution in [2.75, 3.05) is 13.1 Å². The van der Waals surface area contributed by atoms with Gasteiger partial charge in [-0.1, -0.05) is 0 Å². The molecule has 3 heteroatoms. The first-order chi connectivity index (χ1) is 3.39. The highest BCUT2D eigenvalue weighted by molar-refractivity contribution is 4.76. The molecule has 1 atom stereocenters. The highest BCUT2D eigenvalue weighted by Gasteiger charge is 2.07. The minimum Gasteiger partial charge on any atom is -0.307 e. The summed E-state index contributed by atoms with van der Waals surface area (Å²) < 4.78 is 12.0. The summed E-state index contributed by atoms with van der Waals surface area (Å²) >= 11 is 0. The van der Waals surface area contributed by atoms with Crippen LogP contribution in [0, 0.1) is 6.54 Å². The summed E-state index contributed by atoms with van der Waals surface area (Å²) in [6.07, 6.45) is -0.950. The van der Waals surface area contributed by atoms with Crippen LogP contribution < -0.4 is 10.6 Å². The fourth-order valence-corrected chi connectivity index (χ4v) is 0.528. The van der Waals surface area contributed by atoms with Crippen LogP contribution in [-0.4, -0.2) is 19.4 Å². The predicted molar refractivity (Wildman–Crippen MR) is 25.2 cm³/mol. The molecule has 0 spiro atoms. The molecule has 7 heavy (non-hydrogen) atoms. The second kappa shape index (κ2) is 2.23. The monoisotopic (exact) mass is 103 g/mol. The summed E-state index contributed by atoms with van der Waals surface area (Å²) in [7, 11) is 0. The van der Waals surface area contributed by atoms with Crippen molar-refractivity contribution in [3.05, 3.63) is 6.54 Å². The Labute approximate surface area is 42.1 Å².